The normalized spacial score (nSPS) is 20.7. The van der Waals surface area contributed by atoms with Crippen LogP contribution in [0, 0.1) is 5.82 Å². The quantitative estimate of drug-likeness (QED) is 0.259. The van der Waals surface area contributed by atoms with Crippen molar-refractivity contribution >= 4 is 33.2 Å². The Morgan fingerprint density at radius 1 is 1.02 bits per heavy atom. The standard InChI is InChI=1S/C31H27F2N5O2/c32-19-15-31(11-6-12-38(31)17-19)18-40-30-34-16-24-26(37-30)14-25(36-29(24)35-20-7-2-1-3-8-20)23-13-27(39)28(33)22-10-5-4-9-21(22)23/h1-5,7-10,13-14,16,19,39H,6,11-12,15,17-18H2,(H,35,36)/t19-,31+/m1/s1. The minimum absolute atomic E-state index is 0.200. The molecule has 2 aliphatic rings. The second kappa shape index (κ2) is 9.67. The third kappa shape index (κ3) is 4.26. The zero-order valence-corrected chi connectivity index (χ0v) is 21.6. The van der Waals surface area contributed by atoms with E-state index < -0.39 is 17.7 Å². The highest BCUT2D eigenvalue weighted by Gasteiger charge is 2.49. The summed E-state index contributed by atoms with van der Waals surface area (Å²) in [6.45, 7) is 1.65. The van der Waals surface area contributed by atoms with Crippen molar-refractivity contribution in [2.75, 3.05) is 25.0 Å². The van der Waals surface area contributed by atoms with E-state index in [9.17, 15) is 13.9 Å². The van der Waals surface area contributed by atoms with Crippen LogP contribution in [0.15, 0.2) is 72.9 Å². The van der Waals surface area contributed by atoms with E-state index in [-0.39, 0.29) is 11.5 Å². The van der Waals surface area contributed by atoms with Gasteiger partial charge in [0.15, 0.2) is 11.6 Å². The number of phenolic OH excluding ortho intramolecular Hbond substituents is 1. The Bertz CT molecular complexity index is 1730. The molecule has 2 fully saturated rings. The molecule has 0 amide bonds. The monoisotopic (exact) mass is 539 g/mol. The van der Waals surface area contributed by atoms with Crippen LogP contribution < -0.4 is 10.1 Å². The summed E-state index contributed by atoms with van der Waals surface area (Å²) in [6, 6.07) is 19.9. The maximum Gasteiger partial charge on any atom is 0.316 e. The van der Waals surface area contributed by atoms with Crippen molar-refractivity contribution in [2.45, 2.75) is 31.0 Å². The Balaban J connectivity index is 1.32. The molecule has 0 saturated carbocycles. The first kappa shape index (κ1) is 24.7. The lowest BCUT2D eigenvalue weighted by Crippen LogP contribution is -2.43. The van der Waals surface area contributed by atoms with E-state index in [4.69, 9.17) is 14.7 Å². The number of fused-ring (bicyclic) bond motifs is 3. The van der Waals surface area contributed by atoms with E-state index in [1.54, 1.807) is 30.5 Å². The first-order chi connectivity index (χ1) is 19.5. The summed E-state index contributed by atoms with van der Waals surface area (Å²) in [6.07, 6.45) is 3.19. The summed E-state index contributed by atoms with van der Waals surface area (Å²) in [4.78, 5) is 16.2. The molecule has 0 bridgehead atoms. The Morgan fingerprint density at radius 2 is 1.82 bits per heavy atom. The number of aromatic hydroxyl groups is 1. The van der Waals surface area contributed by atoms with Gasteiger partial charge in [-0.1, -0.05) is 42.5 Å². The van der Waals surface area contributed by atoms with Gasteiger partial charge in [-0.15, -0.1) is 0 Å². The highest BCUT2D eigenvalue weighted by atomic mass is 19.1. The van der Waals surface area contributed by atoms with E-state index in [2.05, 4.69) is 15.2 Å². The van der Waals surface area contributed by atoms with Gasteiger partial charge >= 0.3 is 6.01 Å². The number of halogens is 2. The molecule has 9 heteroatoms. The van der Waals surface area contributed by atoms with Gasteiger partial charge in [0.1, 0.15) is 18.6 Å². The van der Waals surface area contributed by atoms with Gasteiger partial charge in [-0.25, -0.2) is 18.7 Å². The van der Waals surface area contributed by atoms with Crippen molar-refractivity contribution in [3.63, 3.8) is 0 Å². The van der Waals surface area contributed by atoms with Crippen molar-refractivity contribution in [2.24, 2.45) is 0 Å². The fraction of sp³-hybridized carbons (Fsp3) is 0.258. The second-order valence-corrected chi connectivity index (χ2v) is 10.6. The lowest BCUT2D eigenvalue weighted by atomic mass is 9.95. The maximum absolute atomic E-state index is 14.7. The summed E-state index contributed by atoms with van der Waals surface area (Å²) in [5.41, 5.74) is 2.14. The van der Waals surface area contributed by atoms with Crippen LogP contribution in [0.25, 0.3) is 32.9 Å². The minimum Gasteiger partial charge on any atom is -0.505 e. The molecule has 7 nitrogen and oxygen atoms in total. The van der Waals surface area contributed by atoms with Gasteiger partial charge in [-0.2, -0.15) is 4.98 Å². The van der Waals surface area contributed by atoms with E-state index in [0.717, 1.165) is 25.1 Å². The molecule has 3 aromatic carbocycles. The molecule has 0 unspecified atom stereocenters. The van der Waals surface area contributed by atoms with Crippen LogP contribution in [0.5, 0.6) is 11.8 Å². The highest BCUT2D eigenvalue weighted by molar-refractivity contribution is 6.00. The number of alkyl halides is 1. The Labute approximate surface area is 229 Å². The van der Waals surface area contributed by atoms with Crippen LogP contribution in [0.4, 0.5) is 20.3 Å². The van der Waals surface area contributed by atoms with Crippen molar-refractivity contribution in [3.8, 4) is 23.0 Å². The van der Waals surface area contributed by atoms with Crippen LogP contribution in [-0.2, 0) is 0 Å². The van der Waals surface area contributed by atoms with Gasteiger partial charge in [0.05, 0.1) is 22.1 Å². The van der Waals surface area contributed by atoms with Crippen LogP contribution in [0.1, 0.15) is 19.3 Å². The lowest BCUT2D eigenvalue weighted by Gasteiger charge is -2.30. The number of para-hydroxylation sites is 1. The topological polar surface area (TPSA) is 83.4 Å². The van der Waals surface area contributed by atoms with Gasteiger partial charge in [-0.3, -0.25) is 4.90 Å². The van der Waals surface area contributed by atoms with Gasteiger partial charge in [0.2, 0.25) is 0 Å². The number of aromatic nitrogens is 3. The molecule has 2 saturated heterocycles. The maximum atomic E-state index is 14.7. The number of pyridine rings is 1. The van der Waals surface area contributed by atoms with Crippen LogP contribution in [0.3, 0.4) is 0 Å². The average Bonchev–Trinajstić information content (AvgIpc) is 3.50. The first-order valence-corrected chi connectivity index (χ1v) is 13.4. The molecule has 2 N–H and O–H groups in total. The predicted molar refractivity (Wildman–Crippen MR) is 150 cm³/mol. The molecular formula is C31H27F2N5O2. The summed E-state index contributed by atoms with van der Waals surface area (Å²) < 4.78 is 35.1. The van der Waals surface area contributed by atoms with Gasteiger partial charge in [0.25, 0.3) is 0 Å². The molecule has 202 valence electrons. The van der Waals surface area contributed by atoms with Crippen molar-refractivity contribution in [1.82, 2.24) is 19.9 Å². The molecule has 2 aliphatic heterocycles. The summed E-state index contributed by atoms with van der Waals surface area (Å²) in [7, 11) is 0. The van der Waals surface area contributed by atoms with Crippen LogP contribution in [0.2, 0.25) is 0 Å². The summed E-state index contributed by atoms with van der Waals surface area (Å²) >= 11 is 0. The molecule has 5 aromatic rings. The molecular weight excluding hydrogens is 512 g/mol. The average molecular weight is 540 g/mol. The summed E-state index contributed by atoms with van der Waals surface area (Å²) in [5, 5.41) is 15.3. The molecule has 7 rings (SSSR count). The Morgan fingerprint density at radius 3 is 2.67 bits per heavy atom. The summed E-state index contributed by atoms with van der Waals surface area (Å²) in [5.74, 6) is -0.624. The van der Waals surface area contributed by atoms with Gasteiger partial charge in [-0.05, 0) is 49.0 Å². The van der Waals surface area contributed by atoms with E-state index in [1.165, 1.54) is 6.07 Å². The fourth-order valence-corrected chi connectivity index (χ4v) is 6.16. The van der Waals surface area contributed by atoms with Gasteiger partial charge in [0, 0.05) is 35.8 Å². The van der Waals surface area contributed by atoms with Gasteiger partial charge < -0.3 is 15.2 Å². The number of hydrogen-bond donors (Lipinski definition) is 2. The number of nitrogens with zero attached hydrogens (tertiary/aromatic N) is 4. The van der Waals surface area contributed by atoms with Crippen LogP contribution >= 0.6 is 0 Å². The largest absolute Gasteiger partial charge is 0.505 e. The fourth-order valence-electron chi connectivity index (χ4n) is 6.16. The second-order valence-electron chi connectivity index (χ2n) is 10.6. The van der Waals surface area contributed by atoms with Crippen molar-refractivity contribution in [1.29, 1.82) is 0 Å². The Hall–Kier alpha value is -4.37. The van der Waals surface area contributed by atoms with Crippen LogP contribution in [-0.4, -0.2) is 56.4 Å². The molecule has 2 aromatic heterocycles. The molecule has 0 spiro atoms. The first-order valence-electron chi connectivity index (χ1n) is 13.4. The highest BCUT2D eigenvalue weighted by Crippen LogP contribution is 2.41. The number of anilines is 2. The third-order valence-electron chi connectivity index (χ3n) is 8.06. The van der Waals surface area contributed by atoms with E-state index >= 15 is 0 Å². The molecule has 2 atom stereocenters. The third-order valence-corrected chi connectivity index (χ3v) is 8.06. The number of phenols is 1. The minimum atomic E-state index is -0.844. The zero-order valence-electron chi connectivity index (χ0n) is 21.6. The van der Waals surface area contributed by atoms with E-state index in [1.807, 2.05) is 36.4 Å². The lowest BCUT2D eigenvalue weighted by molar-refractivity contribution is 0.107. The number of hydrogen-bond acceptors (Lipinski definition) is 7. The molecule has 0 aliphatic carbocycles. The molecule has 0 radical (unpaired) electrons. The zero-order chi connectivity index (χ0) is 27.3. The number of ether oxygens (including phenoxy) is 1. The van der Waals surface area contributed by atoms with Crippen molar-refractivity contribution < 1.29 is 18.6 Å². The number of rotatable bonds is 6. The van der Waals surface area contributed by atoms with E-state index in [0.29, 0.717) is 58.3 Å². The predicted octanol–water partition coefficient (Wildman–Crippen LogP) is 6.39. The number of benzene rings is 3. The molecule has 4 heterocycles. The SMILES string of the molecule is Oc1cc(-c2cc3nc(OC[C@@]45CCCN4C[C@H](F)C5)ncc3c(Nc3ccccc3)n2)c2ccccc2c1F. The number of nitrogens with one attached hydrogen (secondary N) is 1. The smallest absolute Gasteiger partial charge is 0.316 e. The molecule has 40 heavy (non-hydrogen) atoms. The van der Waals surface area contributed by atoms with Crippen molar-refractivity contribution in [3.05, 3.63) is 78.7 Å². The Kier molecular flexibility index (Phi) is 5.96.